The second-order valence-corrected chi connectivity index (χ2v) is 7.25. The van der Waals surface area contributed by atoms with Gasteiger partial charge in [-0.2, -0.15) is 0 Å². The van der Waals surface area contributed by atoms with Crippen molar-refractivity contribution < 1.29 is 5.11 Å². The van der Waals surface area contributed by atoms with E-state index >= 15 is 0 Å². The molecule has 0 saturated heterocycles. The quantitative estimate of drug-likeness (QED) is 0.788. The molecule has 1 N–H and O–H groups in total. The molecule has 0 spiro atoms. The van der Waals surface area contributed by atoms with Gasteiger partial charge in [0.1, 0.15) is 0 Å². The molecule has 0 fully saturated rings. The summed E-state index contributed by atoms with van der Waals surface area (Å²) >= 11 is 0. The van der Waals surface area contributed by atoms with E-state index in [1.807, 2.05) is 0 Å². The Morgan fingerprint density at radius 3 is 2.52 bits per heavy atom. The maximum Gasteiger partial charge on any atom is 0.0845 e. The lowest BCUT2D eigenvalue weighted by atomic mass is 10.00. The fourth-order valence-corrected chi connectivity index (χ4v) is 4.12. The van der Waals surface area contributed by atoms with Gasteiger partial charge in [-0.25, -0.2) is 0 Å². The minimum Gasteiger partial charge on any atom is -0.390 e. The highest BCUT2D eigenvalue weighted by Gasteiger charge is 2.20. The standard InChI is InChI=1S/C22H26N2O/c1-16-17(2)24(22-10-6-5-9-21(16)22)15-20(25)14-23-12-11-18-7-3-4-8-19(18)13-23/h3-10,20,25H,11-15H2,1-2H3. The zero-order valence-corrected chi connectivity index (χ0v) is 15.1. The molecule has 130 valence electrons. The van der Waals surface area contributed by atoms with Crippen LogP contribution in [0.1, 0.15) is 22.4 Å². The van der Waals surface area contributed by atoms with Crippen molar-refractivity contribution >= 4 is 10.9 Å². The van der Waals surface area contributed by atoms with Crippen LogP contribution in [0.3, 0.4) is 0 Å². The first-order valence-electron chi connectivity index (χ1n) is 9.15. The Morgan fingerprint density at radius 1 is 0.960 bits per heavy atom. The van der Waals surface area contributed by atoms with Crippen molar-refractivity contribution in [1.82, 2.24) is 9.47 Å². The topological polar surface area (TPSA) is 28.4 Å². The number of β-amino-alcohol motifs (C(OH)–C–C–N with tert-alkyl or cyclic N) is 1. The number of hydrogen-bond acceptors (Lipinski definition) is 2. The monoisotopic (exact) mass is 334 g/mol. The fourth-order valence-electron chi connectivity index (χ4n) is 4.12. The molecular formula is C22H26N2O. The minimum absolute atomic E-state index is 0.362. The van der Waals surface area contributed by atoms with Crippen molar-refractivity contribution in [1.29, 1.82) is 0 Å². The number of hydrogen-bond donors (Lipinski definition) is 1. The van der Waals surface area contributed by atoms with Gasteiger partial charge < -0.3 is 9.67 Å². The molecular weight excluding hydrogens is 308 g/mol. The number of aryl methyl sites for hydroxylation is 1. The predicted octanol–water partition coefficient (Wildman–Crippen LogP) is 3.68. The number of benzene rings is 2. The summed E-state index contributed by atoms with van der Waals surface area (Å²) in [6, 6.07) is 17.1. The van der Waals surface area contributed by atoms with Crippen molar-refractivity contribution in [2.75, 3.05) is 13.1 Å². The van der Waals surface area contributed by atoms with Crippen LogP contribution >= 0.6 is 0 Å². The second-order valence-electron chi connectivity index (χ2n) is 7.25. The van der Waals surface area contributed by atoms with E-state index in [1.54, 1.807) is 0 Å². The molecule has 4 rings (SSSR count). The maximum absolute atomic E-state index is 10.7. The van der Waals surface area contributed by atoms with Crippen molar-refractivity contribution in [3.8, 4) is 0 Å². The van der Waals surface area contributed by atoms with Crippen LogP contribution in [0.4, 0.5) is 0 Å². The van der Waals surface area contributed by atoms with E-state index in [1.165, 1.54) is 33.3 Å². The summed E-state index contributed by atoms with van der Waals surface area (Å²) < 4.78 is 2.27. The molecule has 1 unspecified atom stereocenters. The number of aromatic nitrogens is 1. The molecule has 1 atom stereocenters. The zero-order chi connectivity index (χ0) is 17.4. The number of para-hydroxylation sites is 1. The number of aliphatic hydroxyl groups excluding tert-OH is 1. The molecule has 0 aliphatic carbocycles. The Morgan fingerprint density at radius 2 is 1.68 bits per heavy atom. The third-order valence-electron chi connectivity index (χ3n) is 5.62. The van der Waals surface area contributed by atoms with Gasteiger partial charge in [0.15, 0.2) is 0 Å². The van der Waals surface area contributed by atoms with Gasteiger partial charge in [0.25, 0.3) is 0 Å². The molecule has 25 heavy (non-hydrogen) atoms. The third-order valence-corrected chi connectivity index (χ3v) is 5.62. The Bertz CT molecular complexity index is 896. The van der Waals surface area contributed by atoms with Crippen molar-refractivity contribution in [3.63, 3.8) is 0 Å². The van der Waals surface area contributed by atoms with Crippen LogP contribution in [0.15, 0.2) is 48.5 Å². The van der Waals surface area contributed by atoms with Crippen molar-refractivity contribution in [3.05, 3.63) is 70.9 Å². The van der Waals surface area contributed by atoms with Crippen LogP contribution in [0.2, 0.25) is 0 Å². The minimum atomic E-state index is -0.362. The molecule has 3 aromatic rings. The van der Waals surface area contributed by atoms with Crippen LogP contribution in [0.25, 0.3) is 10.9 Å². The lowest BCUT2D eigenvalue weighted by molar-refractivity contribution is 0.0923. The summed E-state index contributed by atoms with van der Waals surface area (Å²) in [7, 11) is 0. The Labute approximate surface area is 149 Å². The average Bonchev–Trinajstić information content (AvgIpc) is 2.87. The van der Waals surface area contributed by atoms with Crippen LogP contribution in [-0.2, 0) is 19.5 Å². The van der Waals surface area contributed by atoms with Gasteiger partial charge in [0, 0.05) is 36.2 Å². The molecule has 3 nitrogen and oxygen atoms in total. The zero-order valence-electron chi connectivity index (χ0n) is 15.1. The fraction of sp³-hybridized carbons (Fsp3) is 0.364. The average molecular weight is 334 g/mol. The summed E-state index contributed by atoms with van der Waals surface area (Å²) in [5.74, 6) is 0. The van der Waals surface area contributed by atoms with Gasteiger partial charge in [-0.1, -0.05) is 42.5 Å². The van der Waals surface area contributed by atoms with E-state index in [4.69, 9.17) is 0 Å². The first-order valence-corrected chi connectivity index (χ1v) is 9.15. The lowest BCUT2D eigenvalue weighted by Crippen LogP contribution is -2.38. The highest BCUT2D eigenvalue weighted by molar-refractivity contribution is 5.85. The summed E-state index contributed by atoms with van der Waals surface area (Å²) in [6.45, 7) is 7.66. The third kappa shape index (κ3) is 3.10. The Kier molecular flexibility index (Phi) is 4.36. The van der Waals surface area contributed by atoms with Gasteiger partial charge in [-0.3, -0.25) is 4.90 Å². The molecule has 0 amide bonds. The molecule has 0 bridgehead atoms. The molecule has 1 aromatic heterocycles. The molecule has 1 aliphatic rings. The van der Waals surface area contributed by atoms with E-state index in [-0.39, 0.29) is 6.10 Å². The van der Waals surface area contributed by atoms with Gasteiger partial charge >= 0.3 is 0 Å². The smallest absolute Gasteiger partial charge is 0.0845 e. The molecule has 1 aliphatic heterocycles. The van der Waals surface area contributed by atoms with Crippen LogP contribution in [0, 0.1) is 13.8 Å². The normalized spacial score (nSPS) is 16.1. The van der Waals surface area contributed by atoms with E-state index < -0.39 is 0 Å². The molecule has 2 heterocycles. The predicted molar refractivity (Wildman–Crippen MR) is 103 cm³/mol. The maximum atomic E-state index is 10.7. The molecule has 3 heteroatoms. The molecule has 0 radical (unpaired) electrons. The number of aliphatic hydroxyl groups is 1. The second kappa shape index (κ2) is 6.66. The Balaban J connectivity index is 1.49. The van der Waals surface area contributed by atoms with Gasteiger partial charge in [-0.15, -0.1) is 0 Å². The van der Waals surface area contributed by atoms with E-state index in [2.05, 4.69) is 71.8 Å². The first kappa shape index (κ1) is 16.4. The van der Waals surface area contributed by atoms with Crippen molar-refractivity contribution in [2.45, 2.75) is 39.5 Å². The lowest BCUT2D eigenvalue weighted by Gasteiger charge is -2.30. The van der Waals surface area contributed by atoms with E-state index in [9.17, 15) is 5.11 Å². The summed E-state index contributed by atoms with van der Waals surface area (Å²) in [4.78, 5) is 2.38. The van der Waals surface area contributed by atoms with Crippen LogP contribution < -0.4 is 0 Å². The van der Waals surface area contributed by atoms with Gasteiger partial charge in [0.2, 0.25) is 0 Å². The molecule has 2 aromatic carbocycles. The largest absolute Gasteiger partial charge is 0.390 e. The number of fused-ring (bicyclic) bond motifs is 2. The Hall–Kier alpha value is -2.10. The summed E-state index contributed by atoms with van der Waals surface area (Å²) in [5, 5.41) is 12.0. The van der Waals surface area contributed by atoms with Crippen LogP contribution in [0.5, 0.6) is 0 Å². The number of nitrogens with zero attached hydrogens (tertiary/aromatic N) is 2. The van der Waals surface area contributed by atoms with Crippen molar-refractivity contribution in [2.24, 2.45) is 0 Å². The highest BCUT2D eigenvalue weighted by atomic mass is 16.3. The van der Waals surface area contributed by atoms with E-state index in [0.717, 1.165) is 26.1 Å². The van der Waals surface area contributed by atoms with Gasteiger partial charge in [-0.05, 0) is 43.0 Å². The molecule has 0 saturated carbocycles. The first-order chi connectivity index (χ1) is 12.1. The number of rotatable bonds is 4. The van der Waals surface area contributed by atoms with Crippen LogP contribution in [-0.4, -0.2) is 33.8 Å². The highest BCUT2D eigenvalue weighted by Crippen LogP contribution is 2.25. The summed E-state index contributed by atoms with van der Waals surface area (Å²) in [5.41, 5.74) is 6.65. The van der Waals surface area contributed by atoms with E-state index in [0.29, 0.717) is 6.54 Å². The SMILES string of the molecule is Cc1c(C)n(CC(O)CN2CCc3ccccc3C2)c2ccccc12. The summed E-state index contributed by atoms with van der Waals surface area (Å²) in [6.07, 6.45) is 0.715. The van der Waals surface area contributed by atoms with Gasteiger partial charge in [0.05, 0.1) is 12.6 Å².